The van der Waals surface area contributed by atoms with Crippen LogP contribution in [0.1, 0.15) is 31.6 Å². The van der Waals surface area contributed by atoms with E-state index in [1.807, 2.05) is 19.1 Å². The Labute approximate surface area is 107 Å². The van der Waals surface area contributed by atoms with Crippen molar-refractivity contribution in [2.75, 3.05) is 19.8 Å². The van der Waals surface area contributed by atoms with Crippen molar-refractivity contribution in [3.63, 3.8) is 0 Å². The van der Waals surface area contributed by atoms with E-state index in [-0.39, 0.29) is 11.9 Å². The molecule has 0 saturated carbocycles. The number of hydrogen-bond acceptors (Lipinski definition) is 4. The Morgan fingerprint density at radius 2 is 2.28 bits per heavy atom. The molecule has 2 rings (SSSR count). The summed E-state index contributed by atoms with van der Waals surface area (Å²) in [6, 6.07) is 3.52. The molecule has 2 heterocycles. The molecular formula is C13H20N2O3. The molecule has 5 nitrogen and oxygen atoms in total. The third-order valence-electron chi connectivity index (χ3n) is 3.64. The summed E-state index contributed by atoms with van der Waals surface area (Å²) in [5.41, 5.74) is 5.31. The molecule has 1 amide bonds. The van der Waals surface area contributed by atoms with Crippen LogP contribution in [0.25, 0.3) is 0 Å². The topological polar surface area (TPSA) is 77.5 Å². The first kappa shape index (κ1) is 13.1. The number of nitrogens with two attached hydrogens (primary N) is 1. The van der Waals surface area contributed by atoms with Gasteiger partial charge in [-0.05, 0) is 31.9 Å². The number of rotatable bonds is 4. The van der Waals surface area contributed by atoms with Gasteiger partial charge in [-0.1, -0.05) is 0 Å². The van der Waals surface area contributed by atoms with Crippen molar-refractivity contribution < 1.29 is 13.9 Å². The van der Waals surface area contributed by atoms with Gasteiger partial charge in [0.15, 0.2) is 0 Å². The maximum absolute atomic E-state index is 12.4. The second-order valence-electron chi connectivity index (χ2n) is 4.81. The largest absolute Gasteiger partial charge is 0.467 e. The van der Waals surface area contributed by atoms with Gasteiger partial charge in [0.1, 0.15) is 5.76 Å². The number of hydrogen-bond donors (Lipinski definition) is 2. The summed E-state index contributed by atoms with van der Waals surface area (Å²) in [6.45, 7) is 3.45. The minimum absolute atomic E-state index is 0.00259. The maximum Gasteiger partial charge on any atom is 0.228 e. The van der Waals surface area contributed by atoms with Crippen molar-refractivity contribution in [2.45, 2.75) is 25.8 Å². The first-order valence-electron chi connectivity index (χ1n) is 6.30. The summed E-state index contributed by atoms with van der Waals surface area (Å²) in [6.07, 6.45) is 2.96. The maximum atomic E-state index is 12.4. The lowest BCUT2D eigenvalue weighted by Gasteiger charge is -2.35. The minimum Gasteiger partial charge on any atom is -0.467 e. The van der Waals surface area contributed by atoms with Gasteiger partial charge in [0.25, 0.3) is 0 Å². The fourth-order valence-corrected chi connectivity index (χ4v) is 2.24. The van der Waals surface area contributed by atoms with Crippen LogP contribution in [-0.2, 0) is 9.53 Å². The first-order chi connectivity index (χ1) is 8.68. The van der Waals surface area contributed by atoms with E-state index in [0.717, 1.165) is 5.76 Å². The Bertz CT molecular complexity index is 383. The lowest BCUT2D eigenvalue weighted by Crippen LogP contribution is -2.49. The third kappa shape index (κ3) is 2.57. The van der Waals surface area contributed by atoms with E-state index in [1.54, 1.807) is 6.26 Å². The summed E-state index contributed by atoms with van der Waals surface area (Å²) in [5.74, 6) is 0.750. The predicted molar refractivity (Wildman–Crippen MR) is 66.8 cm³/mol. The Balaban J connectivity index is 2.01. The number of ether oxygens (including phenoxy) is 1. The van der Waals surface area contributed by atoms with Gasteiger partial charge in [-0.3, -0.25) is 4.79 Å². The van der Waals surface area contributed by atoms with E-state index in [9.17, 15) is 4.79 Å². The standard InChI is InChI=1S/C13H20N2O3/c1-10(11-3-2-6-18-11)15-12(16)13(9-14)4-7-17-8-5-13/h2-3,6,10H,4-5,7-9,14H2,1H3,(H,15,16)/t10-/m0/s1. The number of furan rings is 1. The molecule has 1 fully saturated rings. The van der Waals surface area contributed by atoms with Crippen LogP contribution >= 0.6 is 0 Å². The van der Waals surface area contributed by atoms with Gasteiger partial charge in [0, 0.05) is 19.8 Å². The van der Waals surface area contributed by atoms with Crippen molar-refractivity contribution >= 4 is 5.91 Å². The fraction of sp³-hybridized carbons (Fsp3) is 0.615. The van der Waals surface area contributed by atoms with Gasteiger partial charge in [0.2, 0.25) is 5.91 Å². The highest BCUT2D eigenvalue weighted by atomic mass is 16.5. The lowest BCUT2D eigenvalue weighted by molar-refractivity contribution is -0.136. The summed E-state index contributed by atoms with van der Waals surface area (Å²) >= 11 is 0. The highest BCUT2D eigenvalue weighted by molar-refractivity contribution is 5.83. The molecule has 0 unspecified atom stereocenters. The molecule has 0 aliphatic carbocycles. The zero-order valence-corrected chi connectivity index (χ0v) is 10.6. The van der Waals surface area contributed by atoms with Crippen LogP contribution in [0.2, 0.25) is 0 Å². The van der Waals surface area contributed by atoms with Gasteiger partial charge in [0.05, 0.1) is 17.7 Å². The van der Waals surface area contributed by atoms with Crippen molar-refractivity contribution in [3.05, 3.63) is 24.2 Å². The molecule has 1 atom stereocenters. The van der Waals surface area contributed by atoms with Crippen LogP contribution in [0.15, 0.2) is 22.8 Å². The molecule has 100 valence electrons. The normalized spacial score (nSPS) is 20.3. The van der Waals surface area contributed by atoms with Crippen molar-refractivity contribution in [3.8, 4) is 0 Å². The number of nitrogens with one attached hydrogen (secondary N) is 1. The molecule has 1 aromatic heterocycles. The van der Waals surface area contributed by atoms with E-state index in [2.05, 4.69) is 5.32 Å². The Morgan fingerprint density at radius 1 is 1.56 bits per heavy atom. The van der Waals surface area contributed by atoms with Crippen molar-refractivity contribution in [1.29, 1.82) is 0 Å². The van der Waals surface area contributed by atoms with Crippen LogP contribution < -0.4 is 11.1 Å². The van der Waals surface area contributed by atoms with Crippen LogP contribution in [0, 0.1) is 5.41 Å². The second-order valence-corrected chi connectivity index (χ2v) is 4.81. The van der Waals surface area contributed by atoms with Gasteiger partial charge >= 0.3 is 0 Å². The SMILES string of the molecule is C[C@H](NC(=O)C1(CN)CCOCC1)c1ccco1. The number of amides is 1. The van der Waals surface area contributed by atoms with Gasteiger partial charge < -0.3 is 20.2 Å². The average Bonchev–Trinajstić information content (AvgIpc) is 2.93. The smallest absolute Gasteiger partial charge is 0.228 e. The van der Waals surface area contributed by atoms with Crippen molar-refractivity contribution in [1.82, 2.24) is 5.32 Å². The van der Waals surface area contributed by atoms with E-state index in [1.165, 1.54) is 0 Å². The van der Waals surface area contributed by atoms with E-state index < -0.39 is 5.41 Å². The summed E-state index contributed by atoms with van der Waals surface area (Å²) < 4.78 is 10.6. The monoisotopic (exact) mass is 252 g/mol. The van der Waals surface area contributed by atoms with Crippen molar-refractivity contribution in [2.24, 2.45) is 11.1 Å². The predicted octanol–water partition coefficient (Wildman–Crippen LogP) is 1.21. The molecule has 0 bridgehead atoms. The summed E-state index contributed by atoms with van der Waals surface area (Å²) in [4.78, 5) is 12.4. The Morgan fingerprint density at radius 3 is 2.83 bits per heavy atom. The minimum atomic E-state index is -0.487. The number of carbonyl (C=O) groups excluding carboxylic acids is 1. The molecule has 5 heteroatoms. The lowest BCUT2D eigenvalue weighted by atomic mass is 9.79. The molecule has 1 aromatic rings. The van der Waals surface area contributed by atoms with Crippen LogP contribution in [-0.4, -0.2) is 25.7 Å². The highest BCUT2D eigenvalue weighted by Crippen LogP contribution is 2.30. The zero-order valence-electron chi connectivity index (χ0n) is 10.6. The highest BCUT2D eigenvalue weighted by Gasteiger charge is 2.39. The third-order valence-corrected chi connectivity index (χ3v) is 3.64. The molecule has 1 aliphatic rings. The molecule has 1 saturated heterocycles. The summed E-state index contributed by atoms with van der Waals surface area (Å²) in [7, 11) is 0. The van der Waals surface area contributed by atoms with Gasteiger partial charge in [-0.15, -0.1) is 0 Å². The average molecular weight is 252 g/mol. The zero-order chi connectivity index (χ0) is 13.0. The van der Waals surface area contributed by atoms with Crippen LogP contribution in [0.3, 0.4) is 0 Å². The molecule has 3 N–H and O–H groups in total. The second kappa shape index (κ2) is 5.54. The molecule has 18 heavy (non-hydrogen) atoms. The fourth-order valence-electron chi connectivity index (χ4n) is 2.24. The van der Waals surface area contributed by atoms with E-state index >= 15 is 0 Å². The van der Waals surface area contributed by atoms with E-state index in [4.69, 9.17) is 14.9 Å². The molecule has 0 aromatic carbocycles. The first-order valence-corrected chi connectivity index (χ1v) is 6.30. The molecular weight excluding hydrogens is 232 g/mol. The quantitative estimate of drug-likeness (QED) is 0.844. The molecule has 0 spiro atoms. The van der Waals surface area contributed by atoms with Gasteiger partial charge in [-0.2, -0.15) is 0 Å². The van der Waals surface area contributed by atoms with Crippen LogP contribution in [0.5, 0.6) is 0 Å². The Kier molecular flexibility index (Phi) is 4.04. The van der Waals surface area contributed by atoms with Crippen LogP contribution in [0.4, 0.5) is 0 Å². The molecule has 0 radical (unpaired) electrons. The summed E-state index contributed by atoms with van der Waals surface area (Å²) in [5, 5.41) is 2.98. The number of carbonyl (C=O) groups is 1. The Hall–Kier alpha value is -1.33. The molecule has 1 aliphatic heterocycles. The van der Waals surface area contributed by atoms with E-state index in [0.29, 0.717) is 32.6 Å². The van der Waals surface area contributed by atoms with Gasteiger partial charge in [-0.25, -0.2) is 0 Å².